The molecule has 1 rings (SSSR count). The molecule has 0 bridgehead atoms. The number of hydrogen-bond acceptors (Lipinski definition) is 2. The van der Waals surface area contributed by atoms with Crippen molar-refractivity contribution < 1.29 is 4.79 Å². The zero-order valence-electron chi connectivity index (χ0n) is 6.14. The van der Waals surface area contributed by atoms with E-state index in [-0.39, 0.29) is 5.25 Å². The summed E-state index contributed by atoms with van der Waals surface area (Å²) in [6.45, 7) is 0. The molecule has 10 heavy (non-hydrogen) atoms. The van der Waals surface area contributed by atoms with E-state index in [1.54, 1.807) is 11.8 Å². The van der Waals surface area contributed by atoms with Gasteiger partial charge in [0.05, 0.1) is 5.25 Å². The molecule has 0 saturated carbocycles. The minimum Gasteiger partial charge on any atom is -0.290 e. The fourth-order valence-corrected chi connectivity index (χ4v) is 2.24. The lowest BCUT2D eigenvalue weighted by atomic mass is 10.1. The van der Waals surface area contributed by atoms with Gasteiger partial charge in [0.2, 0.25) is 6.29 Å². The largest absolute Gasteiger partial charge is 0.290 e. The van der Waals surface area contributed by atoms with Crippen LogP contribution in [0, 0.1) is 0 Å². The normalized spacial score (nSPS) is 28.6. The van der Waals surface area contributed by atoms with Gasteiger partial charge in [-0.25, -0.2) is 0 Å². The minimum absolute atomic E-state index is 0.181. The van der Waals surface area contributed by atoms with Crippen LogP contribution in [0.25, 0.3) is 0 Å². The molecular weight excluding hydrogens is 144 g/mol. The van der Waals surface area contributed by atoms with E-state index in [9.17, 15) is 4.79 Å². The first-order valence-corrected chi connectivity index (χ1v) is 4.97. The summed E-state index contributed by atoms with van der Waals surface area (Å²) in [5.41, 5.74) is 0. The Kier molecular flexibility index (Phi) is 3.88. The molecule has 2 heteroatoms. The molecule has 1 unspecified atom stereocenters. The van der Waals surface area contributed by atoms with Crippen molar-refractivity contribution in [3.8, 4) is 0 Å². The van der Waals surface area contributed by atoms with Gasteiger partial charge in [0.15, 0.2) is 0 Å². The third kappa shape index (κ3) is 2.74. The summed E-state index contributed by atoms with van der Waals surface area (Å²) in [5.74, 6) is 1.15. The Bertz CT molecular complexity index is 95.4. The van der Waals surface area contributed by atoms with E-state index < -0.39 is 0 Å². The SMILES string of the molecule is O=[C]C1CCCCCCS1. The highest BCUT2D eigenvalue weighted by Gasteiger charge is 2.10. The molecular formula is C8H13OS. The molecule has 1 nitrogen and oxygen atoms in total. The summed E-state index contributed by atoms with van der Waals surface area (Å²) < 4.78 is 0. The van der Waals surface area contributed by atoms with Gasteiger partial charge in [0.25, 0.3) is 0 Å². The van der Waals surface area contributed by atoms with Crippen LogP contribution in [-0.2, 0) is 4.79 Å². The van der Waals surface area contributed by atoms with Crippen molar-refractivity contribution in [3.05, 3.63) is 0 Å². The van der Waals surface area contributed by atoms with Crippen molar-refractivity contribution in [1.82, 2.24) is 0 Å². The van der Waals surface area contributed by atoms with Crippen LogP contribution in [0.15, 0.2) is 0 Å². The van der Waals surface area contributed by atoms with Gasteiger partial charge in [0, 0.05) is 0 Å². The monoisotopic (exact) mass is 157 g/mol. The maximum Gasteiger partial charge on any atom is 0.212 e. The lowest BCUT2D eigenvalue weighted by Gasteiger charge is -2.12. The molecule has 1 fully saturated rings. The zero-order chi connectivity index (χ0) is 7.23. The van der Waals surface area contributed by atoms with Crippen LogP contribution in [0.3, 0.4) is 0 Å². The van der Waals surface area contributed by atoms with Crippen LogP contribution in [0.1, 0.15) is 32.1 Å². The Labute approximate surface area is 66.6 Å². The lowest BCUT2D eigenvalue weighted by molar-refractivity contribution is 0.544. The van der Waals surface area contributed by atoms with Crippen molar-refractivity contribution in [1.29, 1.82) is 0 Å². The Balaban J connectivity index is 2.22. The van der Waals surface area contributed by atoms with E-state index >= 15 is 0 Å². The first-order chi connectivity index (χ1) is 4.93. The molecule has 1 radical (unpaired) electrons. The Morgan fingerprint density at radius 1 is 1.20 bits per heavy atom. The molecule has 0 amide bonds. The van der Waals surface area contributed by atoms with Gasteiger partial charge in [-0.1, -0.05) is 19.3 Å². The van der Waals surface area contributed by atoms with Gasteiger partial charge >= 0.3 is 0 Å². The second-order valence-electron chi connectivity index (χ2n) is 2.68. The topological polar surface area (TPSA) is 17.1 Å². The predicted molar refractivity (Wildman–Crippen MR) is 45.0 cm³/mol. The zero-order valence-corrected chi connectivity index (χ0v) is 6.95. The van der Waals surface area contributed by atoms with Crippen LogP contribution in [0.5, 0.6) is 0 Å². The maximum atomic E-state index is 10.3. The molecule has 1 heterocycles. The standard InChI is InChI=1S/C8H13OS/c9-7-8-5-3-1-2-4-6-10-8/h8H,1-6H2. The van der Waals surface area contributed by atoms with Gasteiger partial charge in [-0.2, -0.15) is 11.8 Å². The Morgan fingerprint density at radius 2 is 2.00 bits per heavy atom. The first kappa shape index (κ1) is 8.12. The summed E-state index contributed by atoms with van der Waals surface area (Å²) >= 11 is 1.77. The van der Waals surface area contributed by atoms with Crippen LogP contribution >= 0.6 is 11.8 Å². The molecule has 1 atom stereocenters. The summed E-state index contributed by atoms with van der Waals surface area (Å²) in [6, 6.07) is 0. The van der Waals surface area contributed by atoms with Gasteiger partial charge in [-0.3, -0.25) is 4.79 Å². The molecule has 0 spiro atoms. The molecule has 0 aromatic carbocycles. The molecule has 1 saturated heterocycles. The van der Waals surface area contributed by atoms with E-state index in [2.05, 4.69) is 6.29 Å². The smallest absolute Gasteiger partial charge is 0.212 e. The van der Waals surface area contributed by atoms with Crippen LogP contribution < -0.4 is 0 Å². The third-order valence-corrected chi connectivity index (χ3v) is 3.07. The average molecular weight is 157 g/mol. The number of hydrogen-bond donors (Lipinski definition) is 0. The van der Waals surface area contributed by atoms with E-state index in [1.165, 1.54) is 25.7 Å². The summed E-state index contributed by atoms with van der Waals surface area (Å²) in [5, 5.41) is 0.181. The quantitative estimate of drug-likeness (QED) is 0.580. The van der Waals surface area contributed by atoms with E-state index in [0.717, 1.165) is 12.2 Å². The Morgan fingerprint density at radius 3 is 2.80 bits per heavy atom. The predicted octanol–water partition coefficient (Wildman–Crippen LogP) is 2.16. The van der Waals surface area contributed by atoms with Gasteiger partial charge in [-0.15, -0.1) is 0 Å². The fraction of sp³-hybridized carbons (Fsp3) is 0.875. The number of carbonyl (C=O) groups excluding carboxylic acids is 1. The summed E-state index contributed by atoms with van der Waals surface area (Å²) in [4.78, 5) is 10.3. The van der Waals surface area contributed by atoms with Gasteiger partial charge in [-0.05, 0) is 18.6 Å². The van der Waals surface area contributed by atoms with Crippen molar-refractivity contribution >= 4 is 18.0 Å². The molecule has 57 valence electrons. The van der Waals surface area contributed by atoms with E-state index in [1.807, 2.05) is 0 Å². The fourth-order valence-electron chi connectivity index (χ4n) is 1.19. The number of thioether (sulfide) groups is 1. The average Bonchev–Trinajstić information content (AvgIpc) is 1.87. The summed E-state index contributed by atoms with van der Waals surface area (Å²) in [6.07, 6.45) is 8.28. The van der Waals surface area contributed by atoms with Crippen molar-refractivity contribution in [2.75, 3.05) is 5.75 Å². The van der Waals surface area contributed by atoms with E-state index in [0.29, 0.717) is 0 Å². The van der Waals surface area contributed by atoms with Crippen LogP contribution in [0.2, 0.25) is 0 Å². The first-order valence-electron chi connectivity index (χ1n) is 3.93. The van der Waals surface area contributed by atoms with Crippen LogP contribution in [-0.4, -0.2) is 17.3 Å². The molecule has 0 aromatic heterocycles. The van der Waals surface area contributed by atoms with E-state index in [4.69, 9.17) is 0 Å². The van der Waals surface area contributed by atoms with Crippen molar-refractivity contribution in [2.24, 2.45) is 0 Å². The number of rotatable bonds is 1. The van der Waals surface area contributed by atoms with Crippen LogP contribution in [0.4, 0.5) is 0 Å². The highest BCUT2D eigenvalue weighted by atomic mass is 32.2. The second-order valence-corrected chi connectivity index (χ2v) is 3.99. The van der Waals surface area contributed by atoms with Crippen molar-refractivity contribution in [3.63, 3.8) is 0 Å². The van der Waals surface area contributed by atoms with Gasteiger partial charge < -0.3 is 0 Å². The molecule has 1 aliphatic rings. The molecule has 0 aromatic rings. The highest BCUT2D eigenvalue weighted by Crippen LogP contribution is 2.21. The highest BCUT2D eigenvalue weighted by molar-refractivity contribution is 8.00. The van der Waals surface area contributed by atoms with Crippen molar-refractivity contribution in [2.45, 2.75) is 37.4 Å². The maximum absolute atomic E-state index is 10.3. The lowest BCUT2D eigenvalue weighted by Crippen LogP contribution is -2.07. The van der Waals surface area contributed by atoms with Gasteiger partial charge in [0.1, 0.15) is 0 Å². The molecule has 0 aliphatic carbocycles. The second kappa shape index (κ2) is 4.78. The molecule has 0 N–H and O–H groups in total. The Hall–Kier alpha value is 0.0200. The third-order valence-electron chi connectivity index (χ3n) is 1.81. The summed E-state index contributed by atoms with van der Waals surface area (Å²) in [7, 11) is 0. The molecule has 1 aliphatic heterocycles. The minimum atomic E-state index is 0.181.